The van der Waals surface area contributed by atoms with E-state index in [1.165, 1.54) is 24.3 Å². The molecule has 0 aromatic heterocycles. The molecule has 1 aliphatic heterocycles. The van der Waals surface area contributed by atoms with Crippen LogP contribution in [0.15, 0.2) is 24.3 Å². The Morgan fingerprint density at radius 2 is 1.88 bits per heavy atom. The van der Waals surface area contributed by atoms with Crippen LogP contribution in [0.25, 0.3) is 0 Å². The van der Waals surface area contributed by atoms with Crippen LogP contribution >= 0.6 is 0 Å². The molecule has 0 radical (unpaired) electrons. The van der Waals surface area contributed by atoms with Crippen molar-refractivity contribution in [2.75, 3.05) is 7.11 Å². The zero-order chi connectivity index (χ0) is 12.7. The first kappa shape index (κ1) is 11.9. The van der Waals surface area contributed by atoms with Crippen LogP contribution in [0.5, 0.6) is 0 Å². The van der Waals surface area contributed by atoms with E-state index in [1.54, 1.807) is 0 Å². The standard InChI is InChI=1S/C10H9F3N2O2/c1-17-8(16)6-4-2-3-5-7(6)9(14-15-9)10(11,12)13/h2-5,14-15H,1H3. The van der Waals surface area contributed by atoms with Crippen LogP contribution in [-0.2, 0) is 10.4 Å². The lowest BCUT2D eigenvalue weighted by Gasteiger charge is -2.18. The maximum absolute atomic E-state index is 12.9. The van der Waals surface area contributed by atoms with Crippen molar-refractivity contribution >= 4 is 5.97 Å². The van der Waals surface area contributed by atoms with Crippen LogP contribution in [-0.4, -0.2) is 19.3 Å². The Labute approximate surface area is 94.7 Å². The second-order valence-corrected chi connectivity index (χ2v) is 3.53. The van der Waals surface area contributed by atoms with Crippen molar-refractivity contribution in [1.82, 2.24) is 10.9 Å². The molecule has 0 amide bonds. The normalized spacial score (nSPS) is 17.6. The van der Waals surface area contributed by atoms with E-state index >= 15 is 0 Å². The van der Waals surface area contributed by atoms with Gasteiger partial charge in [-0.2, -0.15) is 13.2 Å². The van der Waals surface area contributed by atoms with Crippen molar-refractivity contribution in [3.63, 3.8) is 0 Å². The number of carbonyl (C=O) groups excluding carboxylic acids is 1. The SMILES string of the molecule is COC(=O)c1ccccc1C1(C(F)(F)F)NN1. The molecule has 2 N–H and O–H groups in total. The van der Waals surface area contributed by atoms with E-state index in [1.807, 2.05) is 10.9 Å². The van der Waals surface area contributed by atoms with Gasteiger partial charge in [-0.05, 0) is 6.07 Å². The average molecular weight is 246 g/mol. The molecular formula is C10H9F3N2O2. The largest absolute Gasteiger partial charge is 0.465 e. The number of ether oxygens (including phenoxy) is 1. The molecule has 17 heavy (non-hydrogen) atoms. The topological polar surface area (TPSA) is 70.2 Å². The summed E-state index contributed by atoms with van der Waals surface area (Å²) in [4.78, 5) is 11.4. The summed E-state index contributed by atoms with van der Waals surface area (Å²) in [6, 6.07) is 5.42. The minimum atomic E-state index is -4.54. The maximum atomic E-state index is 12.9. The van der Waals surface area contributed by atoms with Gasteiger partial charge in [-0.25, -0.2) is 15.6 Å². The number of carbonyl (C=O) groups is 1. The molecule has 1 heterocycles. The highest BCUT2D eigenvalue weighted by Crippen LogP contribution is 2.43. The van der Waals surface area contributed by atoms with Crippen molar-refractivity contribution in [2.24, 2.45) is 0 Å². The molecule has 1 aromatic rings. The third-order valence-corrected chi connectivity index (χ3v) is 2.54. The minimum absolute atomic E-state index is 0.121. The monoisotopic (exact) mass is 246 g/mol. The Hall–Kier alpha value is -1.60. The highest BCUT2D eigenvalue weighted by atomic mass is 19.4. The second-order valence-electron chi connectivity index (χ2n) is 3.53. The van der Waals surface area contributed by atoms with Gasteiger partial charge in [0.2, 0.25) is 5.66 Å². The zero-order valence-electron chi connectivity index (χ0n) is 8.76. The lowest BCUT2D eigenvalue weighted by Crippen LogP contribution is -2.36. The highest BCUT2D eigenvalue weighted by molar-refractivity contribution is 5.91. The summed E-state index contributed by atoms with van der Waals surface area (Å²) in [5.74, 6) is -0.806. The number of halogens is 3. The lowest BCUT2D eigenvalue weighted by molar-refractivity contribution is -0.165. The number of hydrazine groups is 1. The lowest BCUT2D eigenvalue weighted by atomic mass is 9.97. The number of rotatable bonds is 2. The van der Waals surface area contributed by atoms with Crippen LogP contribution in [0.2, 0.25) is 0 Å². The molecule has 0 atom stereocenters. The summed E-state index contributed by atoms with van der Waals surface area (Å²) in [5.41, 5.74) is 1.42. The molecule has 0 unspecified atom stereocenters. The average Bonchev–Trinajstić information content (AvgIpc) is 3.08. The summed E-state index contributed by atoms with van der Waals surface area (Å²) in [6.45, 7) is 0. The first-order valence-corrected chi connectivity index (χ1v) is 4.71. The maximum Gasteiger partial charge on any atom is 0.426 e. The number of alkyl halides is 3. The summed E-state index contributed by atoms with van der Waals surface area (Å²) < 4.78 is 43.0. The molecule has 4 nitrogen and oxygen atoms in total. The molecule has 0 bridgehead atoms. The Morgan fingerprint density at radius 3 is 2.35 bits per heavy atom. The van der Waals surface area contributed by atoms with E-state index < -0.39 is 17.8 Å². The van der Waals surface area contributed by atoms with Gasteiger partial charge in [0.05, 0.1) is 12.7 Å². The third-order valence-electron chi connectivity index (χ3n) is 2.54. The van der Waals surface area contributed by atoms with E-state index in [0.29, 0.717) is 0 Å². The minimum Gasteiger partial charge on any atom is -0.465 e. The van der Waals surface area contributed by atoms with Crippen molar-refractivity contribution in [3.8, 4) is 0 Å². The van der Waals surface area contributed by atoms with Crippen LogP contribution in [0.3, 0.4) is 0 Å². The second kappa shape index (κ2) is 3.71. The predicted molar refractivity (Wildman–Crippen MR) is 51.8 cm³/mol. The third kappa shape index (κ3) is 1.77. The Balaban J connectivity index is 2.50. The number of esters is 1. The number of nitrogens with one attached hydrogen (secondary N) is 2. The van der Waals surface area contributed by atoms with E-state index in [9.17, 15) is 18.0 Å². The van der Waals surface area contributed by atoms with E-state index in [4.69, 9.17) is 0 Å². The van der Waals surface area contributed by atoms with Gasteiger partial charge >= 0.3 is 12.1 Å². The number of methoxy groups -OCH3 is 1. The van der Waals surface area contributed by atoms with Crippen LogP contribution in [0.1, 0.15) is 15.9 Å². The van der Waals surface area contributed by atoms with Crippen LogP contribution < -0.4 is 10.9 Å². The van der Waals surface area contributed by atoms with E-state index in [2.05, 4.69) is 4.74 Å². The molecule has 1 fully saturated rings. The Morgan fingerprint density at radius 1 is 1.29 bits per heavy atom. The molecule has 7 heteroatoms. The molecule has 1 aliphatic rings. The van der Waals surface area contributed by atoms with Gasteiger partial charge < -0.3 is 4.74 Å². The number of benzene rings is 1. The van der Waals surface area contributed by atoms with E-state index in [-0.39, 0.29) is 11.1 Å². The smallest absolute Gasteiger partial charge is 0.426 e. The molecule has 1 aromatic carbocycles. The summed E-state index contributed by atoms with van der Waals surface area (Å²) in [5, 5.41) is 0. The molecular weight excluding hydrogens is 237 g/mol. The van der Waals surface area contributed by atoms with Crippen molar-refractivity contribution in [1.29, 1.82) is 0 Å². The molecule has 92 valence electrons. The van der Waals surface area contributed by atoms with Crippen LogP contribution in [0.4, 0.5) is 13.2 Å². The first-order chi connectivity index (χ1) is 7.92. The van der Waals surface area contributed by atoms with Crippen LogP contribution in [0, 0.1) is 0 Å². The number of hydrogen-bond acceptors (Lipinski definition) is 4. The number of hydrogen-bond donors (Lipinski definition) is 2. The van der Waals surface area contributed by atoms with Gasteiger partial charge in [0.1, 0.15) is 0 Å². The summed E-state index contributed by atoms with van der Waals surface area (Å²) in [6.07, 6.45) is -4.54. The highest BCUT2D eigenvalue weighted by Gasteiger charge is 2.66. The molecule has 0 saturated carbocycles. The summed E-state index contributed by atoms with van der Waals surface area (Å²) in [7, 11) is 1.12. The molecule has 1 saturated heterocycles. The van der Waals surface area contributed by atoms with Gasteiger partial charge in [0.25, 0.3) is 0 Å². The zero-order valence-corrected chi connectivity index (χ0v) is 8.76. The van der Waals surface area contributed by atoms with Gasteiger partial charge in [-0.15, -0.1) is 0 Å². The van der Waals surface area contributed by atoms with Gasteiger partial charge in [0.15, 0.2) is 0 Å². The van der Waals surface area contributed by atoms with Crippen molar-refractivity contribution in [2.45, 2.75) is 11.8 Å². The van der Waals surface area contributed by atoms with E-state index in [0.717, 1.165) is 7.11 Å². The fourth-order valence-corrected chi connectivity index (χ4v) is 1.59. The van der Waals surface area contributed by atoms with Crippen molar-refractivity contribution in [3.05, 3.63) is 35.4 Å². The van der Waals surface area contributed by atoms with Gasteiger partial charge in [-0.1, -0.05) is 18.2 Å². The quantitative estimate of drug-likeness (QED) is 0.609. The summed E-state index contributed by atoms with van der Waals surface area (Å²) >= 11 is 0. The molecule has 2 rings (SSSR count). The fraction of sp³-hybridized carbons (Fsp3) is 0.300. The fourth-order valence-electron chi connectivity index (χ4n) is 1.59. The van der Waals surface area contributed by atoms with Crippen molar-refractivity contribution < 1.29 is 22.7 Å². The predicted octanol–water partition coefficient (Wildman–Crippen LogP) is 1.30. The van der Waals surface area contributed by atoms with Gasteiger partial charge in [0, 0.05) is 5.56 Å². The molecule has 0 spiro atoms. The Bertz CT molecular complexity index is 455. The Kier molecular flexibility index (Phi) is 2.59. The van der Waals surface area contributed by atoms with Gasteiger partial charge in [-0.3, -0.25) is 0 Å². The first-order valence-electron chi connectivity index (χ1n) is 4.71. The molecule has 0 aliphatic carbocycles.